The summed E-state index contributed by atoms with van der Waals surface area (Å²) in [7, 11) is 0. The van der Waals surface area contributed by atoms with Gasteiger partial charge < -0.3 is 29.9 Å². The highest BCUT2D eigenvalue weighted by Gasteiger charge is 2.41. The number of carbonyl (C=O) groups excluding carboxylic acids is 2. The van der Waals surface area contributed by atoms with Gasteiger partial charge in [-0.05, 0) is 58.7 Å². The lowest BCUT2D eigenvalue weighted by atomic mass is 9.99. The zero-order valence-electron chi connectivity index (χ0n) is 21.6. The molecule has 206 valence electrons. The minimum absolute atomic E-state index is 0.0955. The largest absolute Gasteiger partial charge is 0.476 e. The predicted molar refractivity (Wildman–Crippen MR) is 131 cm³/mol. The molecule has 0 spiro atoms. The first-order valence-electron chi connectivity index (χ1n) is 12.4. The van der Waals surface area contributed by atoms with Crippen LogP contribution in [0.25, 0.3) is 0 Å². The second-order valence-electron chi connectivity index (χ2n) is 10.2. The van der Waals surface area contributed by atoms with E-state index in [4.69, 9.17) is 4.74 Å². The molecule has 0 saturated carbocycles. The standard InChI is InChI=1S/C25H35F3N4O5/c1-16(2)32(18-6-5-12-30(15-18)23(35)36)21(33)17-7-8-20-19(14-17)31(22(34)24(3,4)37-20)13-11-29-10-9-25(26,27)28/h7-8,14,16,18,29H,5-6,9-13,15H2,1-4H3,(H,35,36)/t18-/m1/s1. The molecular formula is C25H35F3N4O5. The van der Waals surface area contributed by atoms with Crippen molar-refractivity contribution in [3.05, 3.63) is 23.8 Å². The summed E-state index contributed by atoms with van der Waals surface area (Å²) in [6.07, 6.45) is -4.95. The van der Waals surface area contributed by atoms with Crippen LogP contribution >= 0.6 is 0 Å². The van der Waals surface area contributed by atoms with Crippen molar-refractivity contribution in [1.29, 1.82) is 0 Å². The lowest BCUT2D eigenvalue weighted by Gasteiger charge is -2.41. The molecule has 1 saturated heterocycles. The van der Waals surface area contributed by atoms with Crippen LogP contribution in [0.4, 0.5) is 23.7 Å². The SMILES string of the molecule is CC(C)N(C(=O)c1ccc2c(c1)N(CCNCCC(F)(F)F)C(=O)C(C)(C)O2)[C@@H]1CCCN(C(=O)O)C1. The van der Waals surface area contributed by atoms with E-state index in [0.717, 1.165) is 0 Å². The number of hydrogen-bond acceptors (Lipinski definition) is 5. The number of amides is 3. The molecule has 2 heterocycles. The lowest BCUT2D eigenvalue weighted by Crippen LogP contribution is -2.54. The fraction of sp³-hybridized carbons (Fsp3) is 0.640. The van der Waals surface area contributed by atoms with Gasteiger partial charge >= 0.3 is 12.3 Å². The summed E-state index contributed by atoms with van der Waals surface area (Å²) in [5.74, 6) is -0.273. The van der Waals surface area contributed by atoms with Gasteiger partial charge in [-0.1, -0.05) is 0 Å². The van der Waals surface area contributed by atoms with E-state index >= 15 is 0 Å². The van der Waals surface area contributed by atoms with Crippen molar-refractivity contribution in [2.45, 2.75) is 70.8 Å². The van der Waals surface area contributed by atoms with Crippen LogP contribution in [0, 0.1) is 0 Å². The fourth-order valence-corrected chi connectivity index (χ4v) is 4.80. The van der Waals surface area contributed by atoms with Gasteiger partial charge in [-0.25, -0.2) is 4.79 Å². The summed E-state index contributed by atoms with van der Waals surface area (Å²) in [5, 5.41) is 12.1. The Balaban J connectivity index is 1.83. The number of anilines is 1. The third-order valence-corrected chi connectivity index (χ3v) is 6.57. The smallest absolute Gasteiger partial charge is 0.407 e. The van der Waals surface area contributed by atoms with Gasteiger partial charge in [0.2, 0.25) is 0 Å². The average Bonchev–Trinajstić information content (AvgIpc) is 2.80. The number of ether oxygens (including phenoxy) is 1. The van der Waals surface area contributed by atoms with E-state index in [9.17, 15) is 32.7 Å². The van der Waals surface area contributed by atoms with Gasteiger partial charge in [-0.2, -0.15) is 13.2 Å². The second kappa shape index (κ2) is 11.2. The van der Waals surface area contributed by atoms with E-state index in [2.05, 4.69) is 5.32 Å². The third kappa shape index (κ3) is 6.85. The summed E-state index contributed by atoms with van der Waals surface area (Å²) >= 11 is 0. The Kier molecular flexibility index (Phi) is 8.61. The van der Waals surface area contributed by atoms with Crippen LogP contribution in [0.3, 0.4) is 0 Å². The number of hydrogen-bond donors (Lipinski definition) is 2. The van der Waals surface area contributed by atoms with Gasteiger partial charge in [-0.15, -0.1) is 0 Å². The number of likely N-dealkylation sites (tertiary alicyclic amines) is 1. The highest BCUT2D eigenvalue weighted by Crippen LogP contribution is 2.38. The van der Waals surface area contributed by atoms with Crippen LogP contribution in [0.15, 0.2) is 18.2 Å². The van der Waals surface area contributed by atoms with Crippen molar-refractivity contribution in [2.75, 3.05) is 37.6 Å². The number of carbonyl (C=O) groups is 3. The molecule has 0 unspecified atom stereocenters. The molecule has 2 N–H and O–H groups in total. The molecule has 3 amide bonds. The van der Waals surface area contributed by atoms with E-state index < -0.39 is 24.3 Å². The van der Waals surface area contributed by atoms with Crippen LogP contribution in [0.1, 0.15) is 57.3 Å². The summed E-state index contributed by atoms with van der Waals surface area (Å²) in [6, 6.07) is 4.30. The summed E-state index contributed by atoms with van der Waals surface area (Å²) in [4.78, 5) is 42.7. The molecule has 1 aromatic rings. The monoisotopic (exact) mass is 528 g/mol. The molecule has 0 radical (unpaired) electrons. The van der Waals surface area contributed by atoms with Crippen LogP contribution in [-0.2, 0) is 4.79 Å². The Bertz CT molecular complexity index is 1010. The number of carboxylic acid groups (broad SMARTS) is 1. The van der Waals surface area contributed by atoms with E-state index in [0.29, 0.717) is 36.4 Å². The first-order valence-corrected chi connectivity index (χ1v) is 12.4. The maximum Gasteiger partial charge on any atom is 0.407 e. The van der Waals surface area contributed by atoms with Crippen molar-refractivity contribution in [3.8, 4) is 5.75 Å². The number of rotatable bonds is 8. The molecule has 3 rings (SSSR count). The number of nitrogens with zero attached hydrogens (tertiary/aromatic N) is 3. The number of benzene rings is 1. The van der Waals surface area contributed by atoms with Crippen molar-refractivity contribution >= 4 is 23.6 Å². The maximum atomic E-state index is 13.7. The Morgan fingerprint density at radius 3 is 2.59 bits per heavy atom. The quantitative estimate of drug-likeness (QED) is 0.499. The van der Waals surface area contributed by atoms with Gasteiger partial charge in [0.25, 0.3) is 11.8 Å². The lowest BCUT2D eigenvalue weighted by molar-refractivity contribution is -0.134. The van der Waals surface area contributed by atoms with Crippen LogP contribution in [-0.4, -0.2) is 89.4 Å². The van der Waals surface area contributed by atoms with Gasteiger partial charge in [0, 0.05) is 44.3 Å². The molecule has 0 aliphatic carbocycles. The van der Waals surface area contributed by atoms with Crippen molar-refractivity contribution in [3.63, 3.8) is 0 Å². The Labute approximate surface area is 214 Å². The summed E-state index contributed by atoms with van der Waals surface area (Å²) in [5.41, 5.74) is -0.505. The van der Waals surface area contributed by atoms with Crippen molar-refractivity contribution in [1.82, 2.24) is 15.1 Å². The zero-order valence-corrected chi connectivity index (χ0v) is 21.6. The molecule has 0 bridgehead atoms. The molecular weight excluding hydrogens is 493 g/mol. The van der Waals surface area contributed by atoms with Gasteiger partial charge in [0.15, 0.2) is 5.60 Å². The van der Waals surface area contributed by atoms with E-state index in [-0.39, 0.29) is 50.1 Å². The number of nitrogens with one attached hydrogen (secondary N) is 1. The Morgan fingerprint density at radius 1 is 1.27 bits per heavy atom. The van der Waals surface area contributed by atoms with Gasteiger partial charge in [-0.3, -0.25) is 9.59 Å². The highest BCUT2D eigenvalue weighted by molar-refractivity contribution is 6.04. The van der Waals surface area contributed by atoms with Crippen LogP contribution in [0.2, 0.25) is 0 Å². The van der Waals surface area contributed by atoms with Crippen molar-refractivity contribution < 1.29 is 37.4 Å². The minimum atomic E-state index is -4.27. The zero-order chi connectivity index (χ0) is 27.5. The Morgan fingerprint density at radius 2 is 1.97 bits per heavy atom. The summed E-state index contributed by atoms with van der Waals surface area (Å²) in [6.45, 7) is 7.54. The third-order valence-electron chi connectivity index (χ3n) is 6.57. The normalized spacial score (nSPS) is 19.5. The van der Waals surface area contributed by atoms with Gasteiger partial charge in [0.1, 0.15) is 5.75 Å². The first-order chi connectivity index (χ1) is 17.2. The number of piperidine rings is 1. The molecule has 1 atom stereocenters. The maximum absolute atomic E-state index is 13.7. The molecule has 1 aromatic carbocycles. The van der Waals surface area contributed by atoms with Crippen LogP contribution < -0.4 is 15.0 Å². The molecule has 2 aliphatic heterocycles. The van der Waals surface area contributed by atoms with E-state index in [1.54, 1.807) is 36.9 Å². The molecule has 0 aromatic heterocycles. The minimum Gasteiger partial charge on any atom is -0.476 e. The highest BCUT2D eigenvalue weighted by atomic mass is 19.4. The number of alkyl halides is 3. The Hall–Kier alpha value is -3.02. The van der Waals surface area contributed by atoms with Crippen LogP contribution in [0.5, 0.6) is 5.75 Å². The first kappa shape index (κ1) is 28.5. The molecule has 9 nitrogen and oxygen atoms in total. The fourth-order valence-electron chi connectivity index (χ4n) is 4.80. The molecule has 37 heavy (non-hydrogen) atoms. The average molecular weight is 529 g/mol. The topological polar surface area (TPSA) is 102 Å². The van der Waals surface area contributed by atoms with Gasteiger partial charge in [0.05, 0.1) is 18.2 Å². The molecule has 2 aliphatic rings. The van der Waals surface area contributed by atoms with E-state index in [1.165, 1.54) is 9.80 Å². The number of halogens is 3. The predicted octanol–water partition coefficient (Wildman–Crippen LogP) is 3.73. The van der Waals surface area contributed by atoms with E-state index in [1.807, 2.05) is 13.8 Å². The summed E-state index contributed by atoms with van der Waals surface area (Å²) < 4.78 is 43.2. The number of fused-ring (bicyclic) bond motifs is 1. The second-order valence-corrected chi connectivity index (χ2v) is 10.2. The molecule has 1 fully saturated rings. The van der Waals surface area contributed by atoms with Crippen molar-refractivity contribution in [2.24, 2.45) is 0 Å². The molecule has 12 heteroatoms.